The van der Waals surface area contributed by atoms with E-state index in [1.807, 2.05) is 24.3 Å². The van der Waals surface area contributed by atoms with Crippen molar-refractivity contribution in [3.63, 3.8) is 0 Å². The third-order valence-electron chi connectivity index (χ3n) is 7.46. The largest absolute Gasteiger partial charge is 0.468 e. The smallest absolute Gasteiger partial charge is 0.410 e. The number of hydrogen-bond acceptors (Lipinski definition) is 10. The van der Waals surface area contributed by atoms with Gasteiger partial charge in [-0.1, -0.05) is 24.3 Å². The fraction of sp³-hybridized carbons (Fsp3) is 0.536. The number of carbonyl (C=O) groups is 2. The van der Waals surface area contributed by atoms with Crippen molar-refractivity contribution in [2.45, 2.75) is 69.9 Å². The Labute approximate surface area is 243 Å². The zero-order chi connectivity index (χ0) is 29.9. The van der Waals surface area contributed by atoms with Crippen LogP contribution in [0.15, 0.2) is 24.3 Å². The van der Waals surface area contributed by atoms with Crippen LogP contribution in [-0.2, 0) is 32.5 Å². The van der Waals surface area contributed by atoms with Crippen molar-refractivity contribution in [3.8, 4) is 6.07 Å². The summed E-state index contributed by atoms with van der Waals surface area (Å²) in [4.78, 5) is 49.8. The molecular weight excluding hydrogens is 552 g/mol. The first-order chi connectivity index (χ1) is 19.4. The minimum Gasteiger partial charge on any atom is -0.468 e. The Kier molecular flexibility index (Phi) is 8.68. The predicted octanol–water partition coefficient (Wildman–Crippen LogP) is 4.37. The summed E-state index contributed by atoms with van der Waals surface area (Å²) in [6.45, 7) is 5.67. The third kappa shape index (κ3) is 6.20. The molecule has 2 heterocycles. The zero-order valence-electron chi connectivity index (χ0n) is 23.6. The standard InChI is InChI=1S/C28H33ClN6O6/c1-27(2,3)41-26(37)34-15-14-33(17-19(34)11-13-30)23-22(35(38)39)21(31-25(29)32-23)16-28(24(36)40-4)12-7-9-18-8-5-6-10-20(18)28/h5-6,8,10,19H,7,9,11-12,14-17H2,1-4H3. The van der Waals surface area contributed by atoms with E-state index in [0.29, 0.717) is 12.8 Å². The number of piperazine rings is 1. The van der Waals surface area contributed by atoms with E-state index in [-0.39, 0.29) is 55.0 Å². The second-order valence-corrected chi connectivity index (χ2v) is 11.6. The van der Waals surface area contributed by atoms with Gasteiger partial charge in [0.2, 0.25) is 11.1 Å². The highest BCUT2D eigenvalue weighted by Gasteiger charge is 2.47. The van der Waals surface area contributed by atoms with Gasteiger partial charge in [-0.3, -0.25) is 14.9 Å². The zero-order valence-corrected chi connectivity index (χ0v) is 24.3. The van der Waals surface area contributed by atoms with Crippen molar-refractivity contribution in [3.05, 3.63) is 56.5 Å². The number of amides is 1. The molecule has 2 unspecified atom stereocenters. The van der Waals surface area contributed by atoms with Gasteiger partial charge in [0, 0.05) is 26.1 Å². The maximum Gasteiger partial charge on any atom is 0.410 e. The van der Waals surface area contributed by atoms with E-state index in [1.165, 1.54) is 12.0 Å². The number of rotatable bonds is 6. The van der Waals surface area contributed by atoms with Crippen molar-refractivity contribution in [2.75, 3.05) is 31.6 Å². The maximum absolute atomic E-state index is 13.4. The van der Waals surface area contributed by atoms with Crippen LogP contribution in [0.5, 0.6) is 0 Å². The van der Waals surface area contributed by atoms with Gasteiger partial charge in [-0.05, 0) is 62.8 Å². The molecule has 0 saturated carbocycles. The number of methoxy groups -OCH3 is 1. The van der Waals surface area contributed by atoms with Gasteiger partial charge in [0.1, 0.15) is 11.3 Å². The van der Waals surface area contributed by atoms with E-state index in [2.05, 4.69) is 16.0 Å². The monoisotopic (exact) mass is 584 g/mol. The van der Waals surface area contributed by atoms with Gasteiger partial charge in [0.25, 0.3) is 0 Å². The first-order valence-electron chi connectivity index (χ1n) is 13.4. The van der Waals surface area contributed by atoms with Crippen molar-refractivity contribution in [2.24, 2.45) is 0 Å². The highest BCUT2D eigenvalue weighted by Crippen LogP contribution is 2.43. The van der Waals surface area contributed by atoms with E-state index in [9.17, 15) is 25.0 Å². The molecule has 12 nitrogen and oxygen atoms in total. The van der Waals surface area contributed by atoms with E-state index in [0.717, 1.165) is 17.5 Å². The molecule has 2 aromatic rings. The van der Waals surface area contributed by atoms with Gasteiger partial charge in [-0.2, -0.15) is 10.2 Å². The fourth-order valence-corrected chi connectivity index (χ4v) is 5.93. The summed E-state index contributed by atoms with van der Waals surface area (Å²) in [7, 11) is 1.30. The molecule has 218 valence electrons. The minimum atomic E-state index is -1.19. The van der Waals surface area contributed by atoms with E-state index in [4.69, 9.17) is 21.1 Å². The lowest BCUT2D eigenvalue weighted by Crippen LogP contribution is -2.56. The number of esters is 1. The molecule has 4 rings (SSSR count). The summed E-state index contributed by atoms with van der Waals surface area (Å²) < 4.78 is 10.7. The molecule has 1 amide bonds. The second kappa shape index (κ2) is 11.9. The third-order valence-corrected chi connectivity index (χ3v) is 7.63. The number of halogens is 1. The molecule has 1 fully saturated rings. The number of nitro groups is 1. The second-order valence-electron chi connectivity index (χ2n) is 11.3. The molecule has 2 atom stereocenters. The van der Waals surface area contributed by atoms with E-state index >= 15 is 0 Å². The van der Waals surface area contributed by atoms with Crippen LogP contribution in [-0.4, -0.2) is 70.2 Å². The summed E-state index contributed by atoms with van der Waals surface area (Å²) in [5, 5.41) is 21.8. The van der Waals surface area contributed by atoms with Crippen molar-refractivity contribution in [1.29, 1.82) is 5.26 Å². The van der Waals surface area contributed by atoms with Crippen LogP contribution >= 0.6 is 11.6 Å². The number of aromatic nitrogens is 2. The lowest BCUT2D eigenvalue weighted by atomic mass is 9.67. The molecule has 13 heteroatoms. The highest BCUT2D eigenvalue weighted by atomic mass is 35.5. The number of hydrogen-bond donors (Lipinski definition) is 0. The van der Waals surface area contributed by atoms with Crippen LogP contribution in [0.4, 0.5) is 16.3 Å². The van der Waals surface area contributed by atoms with Gasteiger partial charge in [-0.25, -0.2) is 9.78 Å². The lowest BCUT2D eigenvalue weighted by Gasteiger charge is -2.41. The topological polar surface area (TPSA) is 152 Å². The molecule has 1 aromatic carbocycles. The van der Waals surface area contributed by atoms with Crippen LogP contribution in [0, 0.1) is 21.4 Å². The minimum absolute atomic E-state index is 0.0125. The number of nitrogens with zero attached hydrogens (tertiary/aromatic N) is 6. The van der Waals surface area contributed by atoms with E-state index in [1.54, 1.807) is 25.7 Å². The molecule has 41 heavy (non-hydrogen) atoms. The van der Waals surface area contributed by atoms with Crippen LogP contribution in [0.3, 0.4) is 0 Å². The average molecular weight is 585 g/mol. The molecule has 0 N–H and O–H groups in total. The summed E-state index contributed by atoms with van der Waals surface area (Å²) in [5.74, 6) is -0.531. The van der Waals surface area contributed by atoms with Gasteiger partial charge >= 0.3 is 17.7 Å². The van der Waals surface area contributed by atoms with Crippen molar-refractivity contribution in [1.82, 2.24) is 14.9 Å². The molecule has 0 spiro atoms. The summed E-state index contributed by atoms with van der Waals surface area (Å²) in [6, 6.07) is 8.99. The Hall–Kier alpha value is -3.98. The normalized spacial score (nSPS) is 20.5. The Balaban J connectivity index is 1.75. The summed E-state index contributed by atoms with van der Waals surface area (Å²) in [5.41, 5.74) is -0.552. The summed E-state index contributed by atoms with van der Waals surface area (Å²) >= 11 is 6.35. The fourth-order valence-electron chi connectivity index (χ4n) is 5.75. The first kappa shape index (κ1) is 30.0. The Morgan fingerprint density at radius 1 is 1.27 bits per heavy atom. The predicted molar refractivity (Wildman–Crippen MR) is 150 cm³/mol. The molecule has 1 saturated heterocycles. The Morgan fingerprint density at radius 3 is 2.66 bits per heavy atom. The number of benzene rings is 1. The molecule has 1 aromatic heterocycles. The number of fused-ring (bicyclic) bond motifs is 1. The SMILES string of the molecule is COC(=O)C1(Cc2nc(Cl)nc(N3CCN(C(=O)OC(C)(C)C)C(CC#N)C3)c2[N+](=O)[O-])CCCc2ccccc21. The number of nitriles is 1. The van der Waals surface area contributed by atoms with Gasteiger partial charge in [-0.15, -0.1) is 0 Å². The molecular formula is C28H33ClN6O6. The summed E-state index contributed by atoms with van der Waals surface area (Å²) in [6.07, 6.45) is 1.19. The van der Waals surface area contributed by atoms with Gasteiger partial charge < -0.3 is 19.3 Å². The molecule has 0 radical (unpaired) electrons. The Morgan fingerprint density at radius 2 is 2.00 bits per heavy atom. The van der Waals surface area contributed by atoms with Crippen molar-refractivity contribution >= 4 is 35.2 Å². The molecule has 0 bridgehead atoms. The molecule has 1 aliphatic heterocycles. The average Bonchev–Trinajstić information content (AvgIpc) is 2.91. The number of carbonyl (C=O) groups excluding carboxylic acids is 2. The molecule has 1 aliphatic carbocycles. The van der Waals surface area contributed by atoms with Gasteiger partial charge in [0.15, 0.2) is 0 Å². The first-order valence-corrected chi connectivity index (χ1v) is 13.8. The quantitative estimate of drug-likeness (QED) is 0.207. The van der Waals surface area contributed by atoms with Crippen molar-refractivity contribution < 1.29 is 24.0 Å². The maximum atomic E-state index is 13.4. The van der Waals surface area contributed by atoms with Gasteiger partial charge in [0.05, 0.1) is 36.0 Å². The van der Waals surface area contributed by atoms with Crippen LogP contribution in [0.25, 0.3) is 0 Å². The van der Waals surface area contributed by atoms with Crippen LogP contribution < -0.4 is 4.90 Å². The van der Waals surface area contributed by atoms with Crippen LogP contribution in [0.2, 0.25) is 5.28 Å². The van der Waals surface area contributed by atoms with Crippen LogP contribution in [0.1, 0.15) is 56.9 Å². The number of ether oxygens (including phenoxy) is 2. The Bertz CT molecular complexity index is 1390. The highest BCUT2D eigenvalue weighted by molar-refractivity contribution is 6.28. The number of aryl methyl sites for hydroxylation is 1. The lowest BCUT2D eigenvalue weighted by molar-refractivity contribution is -0.385. The van der Waals surface area contributed by atoms with E-state index < -0.39 is 34.0 Å². The molecule has 2 aliphatic rings. The number of anilines is 1.